The Morgan fingerprint density at radius 3 is 2.36 bits per heavy atom. The highest BCUT2D eigenvalue weighted by atomic mass is 32.2. The second-order valence-electron chi connectivity index (χ2n) is 6.30. The fraction of sp³-hybridized carbons (Fsp3) is 0.350. The third-order valence-electron chi connectivity index (χ3n) is 4.15. The van der Waals surface area contributed by atoms with Gasteiger partial charge in [-0.1, -0.05) is 42.5 Å². The van der Waals surface area contributed by atoms with Crippen LogP contribution in [0, 0.1) is 0 Å². The summed E-state index contributed by atoms with van der Waals surface area (Å²) in [5.41, 5.74) is 2.10. The van der Waals surface area contributed by atoms with Crippen molar-refractivity contribution in [3.05, 3.63) is 65.7 Å². The SMILES string of the molecule is CN=C(NCCS(=O)(=O)NCc1ccccc1)N(C)Cc1ccc(SC)cc1. The number of hydrogen-bond acceptors (Lipinski definition) is 4. The molecule has 0 aliphatic heterocycles. The lowest BCUT2D eigenvalue weighted by molar-refractivity contribution is 0.478. The summed E-state index contributed by atoms with van der Waals surface area (Å²) in [6.07, 6.45) is 2.05. The van der Waals surface area contributed by atoms with Crippen LogP contribution in [0.4, 0.5) is 0 Å². The Hall–Kier alpha value is -2.03. The zero-order chi connectivity index (χ0) is 20.4. The maximum Gasteiger partial charge on any atom is 0.213 e. The Morgan fingerprint density at radius 1 is 1.07 bits per heavy atom. The van der Waals surface area contributed by atoms with E-state index in [1.807, 2.05) is 42.3 Å². The van der Waals surface area contributed by atoms with Crippen molar-refractivity contribution in [2.75, 3.05) is 32.6 Å². The van der Waals surface area contributed by atoms with E-state index >= 15 is 0 Å². The average Bonchev–Trinajstić information content (AvgIpc) is 2.71. The van der Waals surface area contributed by atoms with Gasteiger partial charge < -0.3 is 10.2 Å². The molecule has 8 heteroatoms. The van der Waals surface area contributed by atoms with Crippen molar-refractivity contribution in [3.8, 4) is 0 Å². The number of guanidine groups is 1. The fourth-order valence-corrected chi connectivity index (χ4v) is 3.93. The standard InChI is InChI=1S/C20H28N4O2S2/c1-21-20(24(2)16-18-9-11-19(27-3)12-10-18)22-13-14-28(25,26)23-15-17-7-5-4-6-8-17/h4-12,23H,13-16H2,1-3H3,(H,21,22). The molecule has 2 rings (SSSR count). The third kappa shape index (κ3) is 7.53. The molecule has 6 nitrogen and oxygen atoms in total. The maximum absolute atomic E-state index is 12.2. The molecule has 0 heterocycles. The molecule has 0 spiro atoms. The first-order valence-electron chi connectivity index (χ1n) is 8.99. The Bertz CT molecular complexity index is 854. The van der Waals surface area contributed by atoms with E-state index < -0.39 is 10.0 Å². The van der Waals surface area contributed by atoms with E-state index in [-0.39, 0.29) is 12.3 Å². The van der Waals surface area contributed by atoms with Crippen LogP contribution in [0.3, 0.4) is 0 Å². The Kier molecular flexibility index (Phi) is 8.82. The van der Waals surface area contributed by atoms with Crippen LogP contribution in [-0.2, 0) is 23.1 Å². The molecular formula is C20H28N4O2S2. The summed E-state index contributed by atoms with van der Waals surface area (Å²) in [5.74, 6) is 0.641. The summed E-state index contributed by atoms with van der Waals surface area (Å²) < 4.78 is 27.0. The number of sulfonamides is 1. The first-order chi connectivity index (χ1) is 13.4. The molecule has 0 saturated heterocycles. The Morgan fingerprint density at radius 2 is 1.75 bits per heavy atom. The summed E-state index contributed by atoms with van der Waals surface area (Å²) in [6, 6.07) is 17.8. The maximum atomic E-state index is 12.2. The van der Waals surface area contributed by atoms with Crippen molar-refractivity contribution in [1.82, 2.24) is 14.9 Å². The van der Waals surface area contributed by atoms with Gasteiger partial charge in [-0.3, -0.25) is 4.99 Å². The summed E-state index contributed by atoms with van der Waals surface area (Å²) in [4.78, 5) is 7.44. The van der Waals surface area contributed by atoms with Crippen molar-refractivity contribution < 1.29 is 8.42 Å². The molecule has 2 N–H and O–H groups in total. The monoisotopic (exact) mass is 420 g/mol. The lowest BCUT2D eigenvalue weighted by atomic mass is 10.2. The van der Waals surface area contributed by atoms with Gasteiger partial charge in [0.15, 0.2) is 5.96 Å². The van der Waals surface area contributed by atoms with E-state index in [2.05, 4.69) is 45.6 Å². The largest absolute Gasteiger partial charge is 0.355 e. The van der Waals surface area contributed by atoms with Crippen LogP contribution in [0.25, 0.3) is 0 Å². The van der Waals surface area contributed by atoms with Gasteiger partial charge >= 0.3 is 0 Å². The summed E-state index contributed by atoms with van der Waals surface area (Å²) >= 11 is 1.71. The number of aliphatic imine (C=N–C) groups is 1. The van der Waals surface area contributed by atoms with E-state index in [4.69, 9.17) is 0 Å². The van der Waals surface area contributed by atoms with Gasteiger partial charge in [-0.15, -0.1) is 11.8 Å². The normalized spacial score (nSPS) is 12.0. The molecule has 2 aromatic carbocycles. The smallest absolute Gasteiger partial charge is 0.213 e. The average molecular weight is 421 g/mol. The van der Waals surface area contributed by atoms with Gasteiger partial charge in [-0.2, -0.15) is 0 Å². The molecule has 0 aliphatic rings. The second-order valence-corrected chi connectivity index (χ2v) is 9.11. The van der Waals surface area contributed by atoms with E-state index in [9.17, 15) is 8.42 Å². The zero-order valence-corrected chi connectivity index (χ0v) is 18.2. The molecule has 28 heavy (non-hydrogen) atoms. The predicted octanol–water partition coefficient (Wildman–Crippen LogP) is 2.54. The molecule has 0 radical (unpaired) electrons. The zero-order valence-electron chi connectivity index (χ0n) is 16.6. The van der Waals surface area contributed by atoms with Crippen LogP contribution >= 0.6 is 11.8 Å². The molecule has 0 atom stereocenters. The van der Waals surface area contributed by atoms with Crippen LogP contribution < -0.4 is 10.0 Å². The molecule has 0 bridgehead atoms. The summed E-state index contributed by atoms with van der Waals surface area (Å²) in [6.45, 7) is 1.27. The summed E-state index contributed by atoms with van der Waals surface area (Å²) in [5, 5.41) is 3.12. The van der Waals surface area contributed by atoms with Crippen LogP contribution in [-0.4, -0.2) is 51.9 Å². The minimum atomic E-state index is -3.36. The molecule has 0 aliphatic carbocycles. The topological polar surface area (TPSA) is 73.8 Å². The van der Waals surface area contributed by atoms with E-state index in [1.54, 1.807) is 18.8 Å². The molecule has 2 aromatic rings. The Balaban J connectivity index is 1.80. The van der Waals surface area contributed by atoms with Gasteiger partial charge in [0.05, 0.1) is 5.75 Å². The van der Waals surface area contributed by atoms with Gasteiger partial charge in [0, 0.05) is 38.6 Å². The number of thioether (sulfide) groups is 1. The van der Waals surface area contributed by atoms with Gasteiger partial charge in [-0.25, -0.2) is 13.1 Å². The third-order valence-corrected chi connectivity index (χ3v) is 6.21. The fourth-order valence-electron chi connectivity index (χ4n) is 2.62. The van der Waals surface area contributed by atoms with Crippen molar-refractivity contribution >= 4 is 27.7 Å². The van der Waals surface area contributed by atoms with E-state index in [0.29, 0.717) is 19.0 Å². The van der Waals surface area contributed by atoms with E-state index in [1.165, 1.54) is 10.5 Å². The number of nitrogens with one attached hydrogen (secondary N) is 2. The molecule has 0 aromatic heterocycles. The minimum absolute atomic E-state index is 0.0187. The molecule has 152 valence electrons. The molecule has 0 amide bonds. The Labute approximate surface area is 172 Å². The second kappa shape index (κ2) is 11.1. The van der Waals surface area contributed by atoms with Gasteiger partial charge in [0.1, 0.15) is 0 Å². The lowest BCUT2D eigenvalue weighted by Gasteiger charge is -2.22. The van der Waals surface area contributed by atoms with Crippen LogP contribution in [0.1, 0.15) is 11.1 Å². The molecule has 0 unspecified atom stereocenters. The number of nitrogens with zero attached hydrogens (tertiary/aromatic N) is 2. The van der Waals surface area contributed by atoms with Crippen molar-refractivity contribution in [3.63, 3.8) is 0 Å². The van der Waals surface area contributed by atoms with Gasteiger partial charge in [0.25, 0.3) is 0 Å². The predicted molar refractivity (Wildman–Crippen MR) is 118 cm³/mol. The van der Waals surface area contributed by atoms with Crippen LogP contribution in [0.2, 0.25) is 0 Å². The van der Waals surface area contributed by atoms with Crippen molar-refractivity contribution in [2.45, 2.75) is 18.0 Å². The highest BCUT2D eigenvalue weighted by Gasteiger charge is 2.12. The molecular weight excluding hydrogens is 392 g/mol. The van der Waals surface area contributed by atoms with Crippen LogP contribution in [0.5, 0.6) is 0 Å². The van der Waals surface area contributed by atoms with Crippen molar-refractivity contribution in [1.29, 1.82) is 0 Å². The summed E-state index contributed by atoms with van der Waals surface area (Å²) in [7, 11) is 0.259. The molecule has 0 saturated carbocycles. The molecule has 0 fully saturated rings. The first-order valence-corrected chi connectivity index (χ1v) is 11.9. The first kappa shape index (κ1) is 22.3. The van der Waals surface area contributed by atoms with E-state index in [0.717, 1.165) is 5.56 Å². The number of benzene rings is 2. The minimum Gasteiger partial charge on any atom is -0.355 e. The number of hydrogen-bond donors (Lipinski definition) is 2. The van der Waals surface area contributed by atoms with Gasteiger partial charge in [0.2, 0.25) is 10.0 Å². The van der Waals surface area contributed by atoms with Gasteiger partial charge in [-0.05, 0) is 29.5 Å². The van der Waals surface area contributed by atoms with Crippen LogP contribution in [0.15, 0.2) is 64.5 Å². The number of rotatable bonds is 9. The highest BCUT2D eigenvalue weighted by molar-refractivity contribution is 7.98. The van der Waals surface area contributed by atoms with Crippen molar-refractivity contribution in [2.24, 2.45) is 4.99 Å². The quantitative estimate of drug-likeness (QED) is 0.370. The lowest BCUT2D eigenvalue weighted by Crippen LogP contribution is -2.41. The highest BCUT2D eigenvalue weighted by Crippen LogP contribution is 2.15.